The molecule has 1 saturated heterocycles. The highest BCUT2D eigenvalue weighted by atomic mass is 32.2. The minimum Gasteiger partial charge on any atom is -0.344 e. The predicted octanol–water partition coefficient (Wildman–Crippen LogP) is -0.0560. The molecule has 0 aromatic heterocycles. The minimum atomic E-state index is -3.49. The van der Waals surface area contributed by atoms with Crippen LogP contribution in [0.4, 0.5) is 0 Å². The average Bonchev–Trinajstić information content (AvgIpc) is 2.27. The molecule has 1 heterocycles. The zero-order chi connectivity index (χ0) is 8.61. The summed E-state index contributed by atoms with van der Waals surface area (Å²) in [5.41, 5.74) is -0.356. The zero-order valence-corrected chi connectivity index (χ0v) is 7.43. The number of hydrogen-bond acceptors (Lipinski definition) is 3. The van der Waals surface area contributed by atoms with Gasteiger partial charge in [-0.3, -0.25) is 0 Å². The van der Waals surface area contributed by atoms with Gasteiger partial charge in [-0.2, -0.15) is 0 Å². The van der Waals surface area contributed by atoms with Crippen LogP contribution in [0.2, 0.25) is 0 Å². The largest absolute Gasteiger partial charge is 0.344 e. The van der Waals surface area contributed by atoms with Crippen molar-refractivity contribution in [2.45, 2.75) is 36.2 Å². The van der Waals surface area contributed by atoms with Gasteiger partial charge in [-0.05, 0) is 31.6 Å². The first-order valence-corrected chi connectivity index (χ1v) is 5.76. The Morgan fingerprint density at radius 2 is 2.17 bits per heavy atom. The molecule has 12 heavy (non-hydrogen) atoms. The van der Waals surface area contributed by atoms with Gasteiger partial charge in [0.25, 0.3) is 0 Å². The lowest BCUT2D eigenvalue weighted by Crippen LogP contribution is -2.36. The smallest absolute Gasteiger partial charge is 0.242 e. The monoisotopic (exact) mass is 189 g/mol. The van der Waals surface area contributed by atoms with Crippen LogP contribution in [0.5, 0.6) is 0 Å². The summed E-state index contributed by atoms with van der Waals surface area (Å²) in [5.74, 6) is 0.539. The molecule has 3 unspecified atom stereocenters. The molecule has 3 aliphatic rings. The highest BCUT2D eigenvalue weighted by Gasteiger charge is 2.82. The van der Waals surface area contributed by atoms with Crippen LogP contribution in [-0.2, 0) is 14.8 Å². The number of sulfonamides is 1. The summed E-state index contributed by atoms with van der Waals surface area (Å²) in [7, 11) is -3.49. The van der Waals surface area contributed by atoms with E-state index in [-0.39, 0.29) is 5.60 Å². The van der Waals surface area contributed by atoms with Gasteiger partial charge in [-0.25, -0.2) is 13.6 Å². The topological polar surface area (TPSA) is 72.7 Å². The van der Waals surface area contributed by atoms with E-state index >= 15 is 0 Å². The maximum Gasteiger partial charge on any atom is 0.242 e. The normalized spacial score (nSPS) is 55.6. The molecule has 2 aliphatic carbocycles. The van der Waals surface area contributed by atoms with E-state index in [2.05, 4.69) is 0 Å². The van der Waals surface area contributed by atoms with Crippen molar-refractivity contribution in [1.82, 2.24) is 0 Å². The Labute approximate surface area is 71.1 Å². The molecule has 4 nitrogen and oxygen atoms in total. The quantitative estimate of drug-likeness (QED) is 0.587. The number of hydrogen-bond donors (Lipinski definition) is 1. The van der Waals surface area contributed by atoms with Crippen LogP contribution >= 0.6 is 0 Å². The molecule has 2 N–H and O–H groups in total. The predicted molar refractivity (Wildman–Crippen MR) is 41.6 cm³/mol. The summed E-state index contributed by atoms with van der Waals surface area (Å²) in [6, 6.07) is 0. The molecule has 3 fully saturated rings. The van der Waals surface area contributed by atoms with Crippen molar-refractivity contribution in [3.05, 3.63) is 0 Å². The van der Waals surface area contributed by atoms with Crippen LogP contribution < -0.4 is 5.14 Å². The Kier molecular flexibility index (Phi) is 0.961. The molecule has 68 valence electrons. The first kappa shape index (κ1) is 7.29. The molecule has 5 heteroatoms. The van der Waals surface area contributed by atoms with E-state index in [1.165, 1.54) is 0 Å². The van der Waals surface area contributed by atoms with Gasteiger partial charge in [0.1, 0.15) is 5.60 Å². The number of fused-ring (bicyclic) bond motifs is 1. The summed E-state index contributed by atoms with van der Waals surface area (Å²) in [5, 5.41) is 5.15. The molecular formula is C7H11NO3S. The zero-order valence-electron chi connectivity index (χ0n) is 6.62. The number of ether oxygens (including phenoxy) is 1. The van der Waals surface area contributed by atoms with Crippen molar-refractivity contribution >= 4 is 10.0 Å². The highest BCUT2D eigenvalue weighted by Crippen LogP contribution is 2.70. The van der Waals surface area contributed by atoms with Crippen molar-refractivity contribution in [3.63, 3.8) is 0 Å². The Balaban J connectivity index is 2.10. The SMILES string of the molecule is NS(=O)(=O)C12CC3CCC1(C3)O2. The second-order valence-corrected chi connectivity index (χ2v) is 5.96. The first-order valence-electron chi connectivity index (χ1n) is 4.22. The second-order valence-electron chi connectivity index (χ2n) is 4.21. The first-order chi connectivity index (χ1) is 5.49. The lowest BCUT2D eigenvalue weighted by molar-refractivity contribution is 0.246. The van der Waals surface area contributed by atoms with Crippen molar-refractivity contribution in [2.24, 2.45) is 11.1 Å². The Hall–Kier alpha value is -0.130. The van der Waals surface area contributed by atoms with E-state index < -0.39 is 15.0 Å². The Bertz CT molecular complexity index is 352. The maximum absolute atomic E-state index is 11.2. The summed E-state index contributed by atoms with van der Waals surface area (Å²) in [6.07, 6.45) is 3.53. The van der Waals surface area contributed by atoms with Crippen LogP contribution in [-0.4, -0.2) is 19.0 Å². The average molecular weight is 189 g/mol. The number of nitrogens with two attached hydrogens (primary N) is 1. The van der Waals surface area contributed by atoms with Gasteiger partial charge in [0, 0.05) is 0 Å². The van der Waals surface area contributed by atoms with Crippen molar-refractivity contribution in [2.75, 3.05) is 0 Å². The molecule has 0 amide bonds. The third-order valence-corrected chi connectivity index (χ3v) is 5.15. The van der Waals surface area contributed by atoms with Gasteiger partial charge in [0.15, 0.2) is 0 Å². The number of primary sulfonamides is 1. The lowest BCUT2D eigenvalue weighted by Gasteiger charge is -2.13. The standard InChI is InChI=1S/C7H11NO3S/c8-12(9,10)7-4-5-1-2-6(7,3-5)11-7/h5H,1-4H2,(H2,8,9,10). The van der Waals surface area contributed by atoms with Crippen LogP contribution in [0.1, 0.15) is 25.7 Å². The Morgan fingerprint density at radius 3 is 2.50 bits per heavy atom. The van der Waals surface area contributed by atoms with Gasteiger partial charge in [-0.1, -0.05) is 0 Å². The molecule has 3 atom stereocenters. The summed E-state index contributed by atoms with van der Waals surface area (Å²) in [4.78, 5) is -0.955. The summed E-state index contributed by atoms with van der Waals surface area (Å²) >= 11 is 0. The Morgan fingerprint density at radius 1 is 1.42 bits per heavy atom. The summed E-state index contributed by atoms with van der Waals surface area (Å²) in [6.45, 7) is 0. The van der Waals surface area contributed by atoms with E-state index in [4.69, 9.17) is 9.88 Å². The van der Waals surface area contributed by atoms with Crippen molar-refractivity contribution in [1.29, 1.82) is 0 Å². The fraction of sp³-hybridized carbons (Fsp3) is 1.00. The third kappa shape index (κ3) is 0.541. The number of rotatable bonds is 1. The van der Waals surface area contributed by atoms with Crippen LogP contribution in [0, 0.1) is 5.92 Å². The van der Waals surface area contributed by atoms with E-state index in [0.717, 1.165) is 19.3 Å². The van der Waals surface area contributed by atoms with E-state index in [1.807, 2.05) is 0 Å². The lowest BCUT2D eigenvalue weighted by atomic mass is 10.0. The number of epoxide rings is 1. The highest BCUT2D eigenvalue weighted by molar-refractivity contribution is 7.90. The molecule has 0 radical (unpaired) electrons. The van der Waals surface area contributed by atoms with Gasteiger partial charge < -0.3 is 4.74 Å². The van der Waals surface area contributed by atoms with Crippen LogP contribution in [0.3, 0.4) is 0 Å². The van der Waals surface area contributed by atoms with Crippen molar-refractivity contribution < 1.29 is 13.2 Å². The molecule has 1 aliphatic heterocycles. The molecule has 0 aromatic rings. The molecule has 2 bridgehead atoms. The van der Waals surface area contributed by atoms with Gasteiger partial charge in [-0.15, -0.1) is 0 Å². The van der Waals surface area contributed by atoms with Crippen LogP contribution in [0.25, 0.3) is 0 Å². The molecule has 3 rings (SSSR count). The molecule has 1 spiro atoms. The third-order valence-electron chi connectivity index (χ3n) is 3.60. The summed E-state index contributed by atoms with van der Waals surface area (Å²) < 4.78 is 27.8. The second kappa shape index (κ2) is 1.58. The van der Waals surface area contributed by atoms with Gasteiger partial charge in [0.05, 0.1) is 0 Å². The van der Waals surface area contributed by atoms with E-state index in [0.29, 0.717) is 12.3 Å². The minimum absolute atomic E-state index is 0.356. The molecule has 2 saturated carbocycles. The van der Waals surface area contributed by atoms with Gasteiger partial charge >= 0.3 is 0 Å². The van der Waals surface area contributed by atoms with Gasteiger partial charge in [0.2, 0.25) is 15.0 Å². The van der Waals surface area contributed by atoms with E-state index in [1.54, 1.807) is 0 Å². The maximum atomic E-state index is 11.2. The fourth-order valence-corrected chi connectivity index (χ4v) is 4.50. The van der Waals surface area contributed by atoms with Crippen LogP contribution in [0.15, 0.2) is 0 Å². The van der Waals surface area contributed by atoms with Crippen molar-refractivity contribution in [3.8, 4) is 0 Å². The molecule has 0 aromatic carbocycles. The molecular weight excluding hydrogens is 178 g/mol. The van der Waals surface area contributed by atoms with E-state index in [9.17, 15) is 8.42 Å². The fourth-order valence-electron chi connectivity index (χ4n) is 3.05.